The van der Waals surface area contributed by atoms with Crippen LogP contribution in [0.2, 0.25) is 5.02 Å². The lowest BCUT2D eigenvalue weighted by atomic mass is 9.77. The summed E-state index contributed by atoms with van der Waals surface area (Å²) < 4.78 is 27.0. The average molecular weight is 268 g/mol. The largest absolute Gasteiger partial charge is 0.324 e. The van der Waals surface area contributed by atoms with Crippen molar-refractivity contribution in [3.05, 3.63) is 34.4 Å². The Morgan fingerprint density at radius 1 is 1.31 bits per heavy atom. The van der Waals surface area contributed by atoms with E-state index in [1.165, 1.54) is 12.1 Å². The van der Waals surface area contributed by atoms with Gasteiger partial charge in [0.1, 0.15) is 11.6 Å². The van der Waals surface area contributed by atoms with Gasteiger partial charge in [0, 0.05) is 11.6 Å². The third-order valence-corrected chi connectivity index (χ3v) is 3.36. The molecule has 5 heteroatoms. The maximum Gasteiger partial charge on any atom is 0.149 e. The molecule has 2 rings (SSSR count). The first-order valence-electron chi connectivity index (χ1n) is 5.00. The number of halogens is 4. The SMILES string of the molecule is Cl.N[C@H](c1c(F)ccc(Cl)c1F)C1CCC1. The molecule has 0 saturated heterocycles. The molecule has 1 fully saturated rings. The van der Waals surface area contributed by atoms with Crippen molar-refractivity contribution in [3.8, 4) is 0 Å². The minimum absolute atomic E-state index is 0. The van der Waals surface area contributed by atoms with Crippen LogP contribution in [-0.2, 0) is 0 Å². The third-order valence-electron chi connectivity index (χ3n) is 3.07. The van der Waals surface area contributed by atoms with Crippen LogP contribution in [0.1, 0.15) is 30.9 Å². The molecule has 16 heavy (non-hydrogen) atoms. The second-order valence-electron chi connectivity index (χ2n) is 3.97. The van der Waals surface area contributed by atoms with Crippen molar-refractivity contribution in [3.63, 3.8) is 0 Å². The molecule has 1 aromatic rings. The molecule has 1 nitrogen and oxygen atoms in total. The molecule has 1 atom stereocenters. The summed E-state index contributed by atoms with van der Waals surface area (Å²) in [7, 11) is 0. The van der Waals surface area contributed by atoms with E-state index in [4.69, 9.17) is 17.3 Å². The van der Waals surface area contributed by atoms with E-state index in [9.17, 15) is 8.78 Å². The Bertz CT molecular complexity index is 380. The molecule has 0 heterocycles. The highest BCUT2D eigenvalue weighted by Crippen LogP contribution is 2.38. The fourth-order valence-electron chi connectivity index (χ4n) is 1.88. The second-order valence-corrected chi connectivity index (χ2v) is 4.38. The number of benzene rings is 1. The van der Waals surface area contributed by atoms with Crippen molar-refractivity contribution < 1.29 is 8.78 Å². The lowest BCUT2D eigenvalue weighted by Gasteiger charge is -2.31. The van der Waals surface area contributed by atoms with E-state index in [0.717, 1.165) is 19.3 Å². The van der Waals surface area contributed by atoms with E-state index in [-0.39, 0.29) is 28.9 Å². The van der Waals surface area contributed by atoms with Gasteiger partial charge >= 0.3 is 0 Å². The zero-order valence-electron chi connectivity index (χ0n) is 8.55. The number of rotatable bonds is 2. The molecule has 0 amide bonds. The van der Waals surface area contributed by atoms with Gasteiger partial charge in [-0.25, -0.2) is 8.78 Å². The first kappa shape index (κ1) is 13.7. The Labute approximate surface area is 104 Å². The summed E-state index contributed by atoms with van der Waals surface area (Å²) in [6.45, 7) is 0. The molecule has 0 radical (unpaired) electrons. The zero-order valence-corrected chi connectivity index (χ0v) is 10.1. The topological polar surface area (TPSA) is 26.0 Å². The van der Waals surface area contributed by atoms with Gasteiger partial charge in [-0.15, -0.1) is 12.4 Å². The molecule has 90 valence electrons. The van der Waals surface area contributed by atoms with Crippen LogP contribution in [0.3, 0.4) is 0 Å². The van der Waals surface area contributed by atoms with Gasteiger partial charge in [-0.2, -0.15) is 0 Å². The molecule has 0 aliphatic heterocycles. The summed E-state index contributed by atoms with van der Waals surface area (Å²) in [5.74, 6) is -1.13. The van der Waals surface area contributed by atoms with E-state index in [2.05, 4.69) is 0 Å². The molecule has 0 aromatic heterocycles. The summed E-state index contributed by atoms with van der Waals surface area (Å²) in [6, 6.07) is 1.81. The van der Waals surface area contributed by atoms with Gasteiger partial charge in [0.05, 0.1) is 5.02 Å². The summed E-state index contributed by atoms with van der Waals surface area (Å²) in [6.07, 6.45) is 2.96. The second kappa shape index (κ2) is 5.30. The monoisotopic (exact) mass is 267 g/mol. The normalized spacial score (nSPS) is 17.5. The van der Waals surface area contributed by atoms with Gasteiger partial charge in [-0.3, -0.25) is 0 Å². The molecule has 0 spiro atoms. The average Bonchev–Trinajstić information content (AvgIpc) is 2.09. The van der Waals surface area contributed by atoms with Crippen molar-refractivity contribution >= 4 is 24.0 Å². The standard InChI is InChI=1S/C11H12ClF2N.ClH/c12-7-4-5-8(13)9(10(7)14)11(15)6-2-1-3-6;/h4-6,11H,1-3,15H2;1H/t11-;/m0./s1. The van der Waals surface area contributed by atoms with Crippen molar-refractivity contribution in [2.45, 2.75) is 25.3 Å². The highest BCUT2D eigenvalue weighted by atomic mass is 35.5. The quantitative estimate of drug-likeness (QED) is 0.810. The summed E-state index contributed by atoms with van der Waals surface area (Å²) in [5.41, 5.74) is 5.77. The van der Waals surface area contributed by atoms with Crippen LogP contribution >= 0.6 is 24.0 Å². The minimum Gasteiger partial charge on any atom is -0.324 e. The van der Waals surface area contributed by atoms with Gasteiger partial charge < -0.3 is 5.73 Å². The molecule has 1 aliphatic rings. The van der Waals surface area contributed by atoms with Crippen LogP contribution in [0.15, 0.2) is 12.1 Å². The summed E-state index contributed by atoms with van der Waals surface area (Å²) in [5, 5.41) is -0.0684. The molecule has 1 aromatic carbocycles. The predicted octanol–water partition coefficient (Wildman–Crippen LogP) is 3.84. The molecular formula is C11H13Cl2F2N. The van der Waals surface area contributed by atoms with Crippen molar-refractivity contribution in [2.24, 2.45) is 11.7 Å². The van der Waals surface area contributed by atoms with Crippen LogP contribution in [-0.4, -0.2) is 0 Å². The van der Waals surface area contributed by atoms with Crippen LogP contribution in [0.5, 0.6) is 0 Å². The maximum absolute atomic E-state index is 13.6. The van der Waals surface area contributed by atoms with Gasteiger partial charge in [0.2, 0.25) is 0 Å². The minimum atomic E-state index is -0.712. The number of hydrogen-bond acceptors (Lipinski definition) is 1. The van der Waals surface area contributed by atoms with E-state index in [0.29, 0.717) is 0 Å². The molecular weight excluding hydrogens is 255 g/mol. The molecule has 2 N–H and O–H groups in total. The lowest BCUT2D eigenvalue weighted by molar-refractivity contribution is 0.256. The van der Waals surface area contributed by atoms with E-state index >= 15 is 0 Å². The first-order chi connectivity index (χ1) is 7.11. The molecule has 0 unspecified atom stereocenters. The van der Waals surface area contributed by atoms with E-state index in [1.807, 2.05) is 0 Å². The Hall–Kier alpha value is -0.380. The van der Waals surface area contributed by atoms with Crippen LogP contribution in [0, 0.1) is 17.6 Å². The Kier molecular flexibility index (Phi) is 4.53. The van der Waals surface area contributed by atoms with Crippen molar-refractivity contribution in [1.29, 1.82) is 0 Å². The first-order valence-corrected chi connectivity index (χ1v) is 5.38. The van der Waals surface area contributed by atoms with Crippen LogP contribution in [0.4, 0.5) is 8.78 Å². The van der Waals surface area contributed by atoms with E-state index < -0.39 is 17.7 Å². The molecule has 1 aliphatic carbocycles. The molecule has 0 bridgehead atoms. The van der Waals surface area contributed by atoms with Crippen molar-refractivity contribution in [2.75, 3.05) is 0 Å². The Morgan fingerprint density at radius 2 is 1.94 bits per heavy atom. The van der Waals surface area contributed by atoms with E-state index in [1.54, 1.807) is 0 Å². The third kappa shape index (κ3) is 2.31. The Morgan fingerprint density at radius 3 is 2.44 bits per heavy atom. The number of nitrogens with two attached hydrogens (primary N) is 1. The molecule has 1 saturated carbocycles. The smallest absolute Gasteiger partial charge is 0.149 e. The maximum atomic E-state index is 13.6. The van der Waals surface area contributed by atoms with Crippen LogP contribution in [0.25, 0.3) is 0 Å². The number of hydrogen-bond donors (Lipinski definition) is 1. The van der Waals surface area contributed by atoms with Gasteiger partial charge in [-0.05, 0) is 30.9 Å². The lowest BCUT2D eigenvalue weighted by Crippen LogP contribution is -2.28. The van der Waals surface area contributed by atoms with Gasteiger partial charge in [0.15, 0.2) is 0 Å². The summed E-state index contributed by atoms with van der Waals surface area (Å²) >= 11 is 5.60. The van der Waals surface area contributed by atoms with Crippen LogP contribution < -0.4 is 5.73 Å². The van der Waals surface area contributed by atoms with Crippen molar-refractivity contribution in [1.82, 2.24) is 0 Å². The fraction of sp³-hybridized carbons (Fsp3) is 0.455. The van der Waals surface area contributed by atoms with Gasteiger partial charge in [0.25, 0.3) is 0 Å². The highest BCUT2D eigenvalue weighted by molar-refractivity contribution is 6.30. The fourth-order valence-corrected chi connectivity index (χ4v) is 2.05. The summed E-state index contributed by atoms with van der Waals surface area (Å²) in [4.78, 5) is 0. The predicted molar refractivity (Wildman–Crippen MR) is 62.9 cm³/mol. The zero-order chi connectivity index (χ0) is 11.0. The van der Waals surface area contributed by atoms with Gasteiger partial charge in [-0.1, -0.05) is 18.0 Å². The highest BCUT2D eigenvalue weighted by Gasteiger charge is 2.30. The Balaban J connectivity index is 0.00000128.